The van der Waals surface area contributed by atoms with Crippen molar-refractivity contribution in [2.75, 3.05) is 0 Å². The van der Waals surface area contributed by atoms with Crippen molar-refractivity contribution < 1.29 is 9.71 Å². The van der Waals surface area contributed by atoms with Gasteiger partial charge in [0, 0.05) is 12.2 Å². The SMILES string of the molecule is [N-]=[N+]=C1C=CC=C([N+](=O)[O-])C1Cl. The standard InChI is InChI=1S/C6H4ClN3O2/c7-6-4(9-8)2-1-3-5(6)10(11)12/h1-3,6H. The minimum Gasteiger partial charge on any atom is -0.361 e. The van der Waals surface area contributed by atoms with Gasteiger partial charge in [-0.1, -0.05) is 11.6 Å². The summed E-state index contributed by atoms with van der Waals surface area (Å²) < 4.78 is 0. The number of halogens is 1. The van der Waals surface area contributed by atoms with Crippen LogP contribution in [0.15, 0.2) is 23.9 Å². The summed E-state index contributed by atoms with van der Waals surface area (Å²) in [6.45, 7) is 0. The molecule has 0 aromatic carbocycles. The second kappa shape index (κ2) is 3.30. The molecule has 0 aromatic rings. The van der Waals surface area contributed by atoms with E-state index in [4.69, 9.17) is 17.1 Å². The molecule has 5 nitrogen and oxygen atoms in total. The lowest BCUT2D eigenvalue weighted by Crippen LogP contribution is -2.23. The van der Waals surface area contributed by atoms with E-state index >= 15 is 0 Å². The molecule has 0 spiro atoms. The van der Waals surface area contributed by atoms with Crippen LogP contribution in [0.5, 0.6) is 0 Å². The van der Waals surface area contributed by atoms with Crippen LogP contribution in [0.3, 0.4) is 0 Å². The van der Waals surface area contributed by atoms with Crippen LogP contribution in [0.1, 0.15) is 0 Å². The van der Waals surface area contributed by atoms with Crippen molar-refractivity contribution in [3.63, 3.8) is 0 Å². The van der Waals surface area contributed by atoms with Crippen molar-refractivity contribution in [3.8, 4) is 0 Å². The summed E-state index contributed by atoms with van der Waals surface area (Å²) in [7, 11) is 0. The Hall–Kier alpha value is -1.45. The Bertz CT molecular complexity index is 328. The van der Waals surface area contributed by atoms with E-state index in [-0.39, 0.29) is 11.4 Å². The van der Waals surface area contributed by atoms with Gasteiger partial charge in [0.05, 0.1) is 4.92 Å². The molecule has 1 aliphatic rings. The van der Waals surface area contributed by atoms with Gasteiger partial charge in [0.25, 0.3) is 5.70 Å². The minimum absolute atomic E-state index is 0.0749. The van der Waals surface area contributed by atoms with Gasteiger partial charge in [-0.3, -0.25) is 10.1 Å². The van der Waals surface area contributed by atoms with E-state index in [0.29, 0.717) is 0 Å². The van der Waals surface area contributed by atoms with E-state index in [0.717, 1.165) is 0 Å². The van der Waals surface area contributed by atoms with Gasteiger partial charge in [-0.2, -0.15) is 4.79 Å². The Morgan fingerprint density at radius 2 is 2.42 bits per heavy atom. The van der Waals surface area contributed by atoms with Crippen molar-refractivity contribution in [3.05, 3.63) is 39.6 Å². The molecular weight excluding hydrogens is 182 g/mol. The van der Waals surface area contributed by atoms with E-state index in [2.05, 4.69) is 4.79 Å². The molecule has 6 heteroatoms. The van der Waals surface area contributed by atoms with Crippen molar-refractivity contribution in [1.29, 1.82) is 0 Å². The maximum Gasteiger partial charge on any atom is 0.320 e. The highest BCUT2D eigenvalue weighted by molar-refractivity contribution is 6.35. The van der Waals surface area contributed by atoms with Gasteiger partial charge >= 0.3 is 5.71 Å². The first-order valence-corrected chi connectivity index (χ1v) is 3.49. The van der Waals surface area contributed by atoms with E-state index in [1.807, 2.05) is 0 Å². The molecule has 0 aromatic heterocycles. The van der Waals surface area contributed by atoms with Crippen molar-refractivity contribution >= 4 is 17.3 Å². The summed E-state index contributed by atoms with van der Waals surface area (Å²) in [4.78, 5) is 12.5. The van der Waals surface area contributed by atoms with Crippen LogP contribution < -0.4 is 0 Å². The number of hydrogen-bond donors (Lipinski definition) is 0. The maximum atomic E-state index is 10.3. The Balaban J connectivity index is 3.06. The third-order valence-electron chi connectivity index (χ3n) is 1.38. The first-order chi connectivity index (χ1) is 5.66. The molecule has 0 bridgehead atoms. The van der Waals surface area contributed by atoms with Gasteiger partial charge in [-0.15, -0.1) is 0 Å². The average Bonchev–Trinajstić information content (AvgIpc) is 2.04. The van der Waals surface area contributed by atoms with Gasteiger partial charge in [0.15, 0.2) is 0 Å². The molecule has 12 heavy (non-hydrogen) atoms. The zero-order valence-electron chi connectivity index (χ0n) is 5.85. The summed E-state index contributed by atoms with van der Waals surface area (Å²) in [5, 5.41) is 9.33. The molecule has 0 fully saturated rings. The van der Waals surface area contributed by atoms with Crippen LogP contribution in [-0.2, 0) is 0 Å². The molecule has 0 saturated carbocycles. The Kier molecular flexibility index (Phi) is 2.38. The van der Waals surface area contributed by atoms with Crippen molar-refractivity contribution in [1.82, 2.24) is 0 Å². The highest BCUT2D eigenvalue weighted by Gasteiger charge is 2.33. The summed E-state index contributed by atoms with van der Waals surface area (Å²) in [6.07, 6.45) is 4.09. The van der Waals surface area contributed by atoms with E-state index < -0.39 is 10.3 Å². The first-order valence-electron chi connectivity index (χ1n) is 3.05. The summed E-state index contributed by atoms with van der Waals surface area (Å²) in [5.41, 5.74) is 8.25. The predicted molar refractivity (Wildman–Crippen MR) is 42.5 cm³/mol. The van der Waals surface area contributed by atoms with Crippen LogP contribution in [0.4, 0.5) is 0 Å². The minimum atomic E-state index is -0.977. The highest BCUT2D eigenvalue weighted by atomic mass is 35.5. The molecule has 0 heterocycles. The van der Waals surface area contributed by atoms with Gasteiger partial charge in [-0.05, 0) is 6.08 Å². The van der Waals surface area contributed by atoms with Crippen LogP contribution in [-0.4, -0.2) is 20.8 Å². The lowest BCUT2D eigenvalue weighted by Gasteiger charge is -2.01. The summed E-state index contributed by atoms with van der Waals surface area (Å²) in [5.74, 6) is 0. The molecule has 0 N–H and O–H groups in total. The summed E-state index contributed by atoms with van der Waals surface area (Å²) in [6, 6.07) is 0. The molecule has 1 rings (SSSR count). The van der Waals surface area contributed by atoms with Gasteiger partial charge < -0.3 is 5.53 Å². The molecule has 1 unspecified atom stereocenters. The smallest absolute Gasteiger partial charge is 0.320 e. The van der Waals surface area contributed by atoms with Crippen LogP contribution in [0, 0.1) is 10.1 Å². The molecule has 1 atom stereocenters. The number of nitro groups is 1. The predicted octanol–water partition coefficient (Wildman–Crippen LogP) is 0.995. The van der Waals surface area contributed by atoms with Gasteiger partial charge in [0.2, 0.25) is 5.38 Å². The second-order valence-electron chi connectivity index (χ2n) is 2.10. The molecule has 0 saturated heterocycles. The van der Waals surface area contributed by atoms with Crippen LogP contribution in [0.2, 0.25) is 0 Å². The average molecular weight is 186 g/mol. The number of hydrogen-bond acceptors (Lipinski definition) is 2. The lowest BCUT2D eigenvalue weighted by molar-refractivity contribution is -0.425. The monoisotopic (exact) mass is 185 g/mol. The summed E-state index contributed by atoms with van der Waals surface area (Å²) >= 11 is 5.59. The topological polar surface area (TPSA) is 79.5 Å². The Labute approximate surface area is 72.7 Å². The molecule has 1 aliphatic carbocycles. The lowest BCUT2D eigenvalue weighted by atomic mass is 10.1. The Morgan fingerprint density at radius 3 is 2.92 bits per heavy atom. The Morgan fingerprint density at radius 1 is 1.75 bits per heavy atom. The van der Waals surface area contributed by atoms with Crippen molar-refractivity contribution in [2.45, 2.75) is 5.38 Å². The molecular formula is C6H4ClN3O2. The molecule has 62 valence electrons. The zero-order valence-corrected chi connectivity index (χ0v) is 6.60. The van der Waals surface area contributed by atoms with Gasteiger partial charge in [-0.25, -0.2) is 0 Å². The quantitative estimate of drug-likeness (QED) is 0.201. The number of nitrogens with zero attached hydrogens (tertiary/aromatic N) is 3. The number of alkyl halides is 1. The third-order valence-corrected chi connectivity index (χ3v) is 1.83. The molecule has 0 aliphatic heterocycles. The third kappa shape index (κ3) is 1.42. The fourth-order valence-electron chi connectivity index (χ4n) is 0.803. The fourth-order valence-corrected chi connectivity index (χ4v) is 1.07. The normalized spacial score (nSPS) is 21.6. The zero-order chi connectivity index (χ0) is 9.14. The van der Waals surface area contributed by atoms with Crippen LogP contribution >= 0.6 is 11.6 Å². The van der Waals surface area contributed by atoms with Crippen molar-refractivity contribution in [2.24, 2.45) is 0 Å². The fraction of sp³-hybridized carbons (Fsp3) is 0.167. The number of allylic oxidation sites excluding steroid dienone is 4. The van der Waals surface area contributed by atoms with E-state index in [1.54, 1.807) is 0 Å². The number of rotatable bonds is 1. The molecule has 0 radical (unpaired) electrons. The molecule has 0 amide bonds. The maximum absolute atomic E-state index is 10.3. The highest BCUT2D eigenvalue weighted by Crippen LogP contribution is 2.16. The van der Waals surface area contributed by atoms with E-state index in [9.17, 15) is 10.1 Å². The second-order valence-corrected chi connectivity index (χ2v) is 2.53. The van der Waals surface area contributed by atoms with E-state index in [1.165, 1.54) is 18.2 Å². The van der Waals surface area contributed by atoms with Gasteiger partial charge in [0.1, 0.15) is 0 Å². The van der Waals surface area contributed by atoms with Crippen LogP contribution in [0.25, 0.3) is 5.53 Å². The largest absolute Gasteiger partial charge is 0.361 e. The first kappa shape index (κ1) is 8.64.